The first-order valence-corrected chi connectivity index (χ1v) is 6.58. The van der Waals surface area contributed by atoms with Crippen LogP contribution >= 0.6 is 11.6 Å². The van der Waals surface area contributed by atoms with Gasteiger partial charge in [-0.1, -0.05) is 53.2 Å². The molecular formula is C15H13ClN4. The zero-order valence-corrected chi connectivity index (χ0v) is 11.7. The highest BCUT2D eigenvalue weighted by atomic mass is 35.5. The largest absolute Gasteiger partial charge is 0.382 e. The lowest BCUT2D eigenvalue weighted by Crippen LogP contribution is -2.02. The van der Waals surface area contributed by atoms with Crippen LogP contribution in [-0.4, -0.2) is 15.0 Å². The second-order valence-corrected chi connectivity index (χ2v) is 4.94. The molecule has 3 aromatic rings. The van der Waals surface area contributed by atoms with E-state index in [1.165, 1.54) is 0 Å². The van der Waals surface area contributed by atoms with Crippen molar-refractivity contribution >= 4 is 17.4 Å². The molecule has 20 heavy (non-hydrogen) atoms. The first-order chi connectivity index (χ1) is 9.66. The maximum absolute atomic E-state index is 6.15. The zero-order chi connectivity index (χ0) is 14.1. The van der Waals surface area contributed by atoms with Crippen molar-refractivity contribution in [2.75, 3.05) is 5.73 Å². The molecule has 0 fully saturated rings. The van der Waals surface area contributed by atoms with Crippen molar-refractivity contribution in [1.82, 2.24) is 15.0 Å². The molecule has 2 aromatic carbocycles. The lowest BCUT2D eigenvalue weighted by atomic mass is 10.1. The van der Waals surface area contributed by atoms with Gasteiger partial charge in [0.05, 0.1) is 5.69 Å². The highest BCUT2D eigenvalue weighted by molar-refractivity contribution is 6.31. The van der Waals surface area contributed by atoms with Gasteiger partial charge in [-0.2, -0.15) is 4.68 Å². The van der Waals surface area contributed by atoms with E-state index in [-0.39, 0.29) is 0 Å². The summed E-state index contributed by atoms with van der Waals surface area (Å²) in [5.74, 6) is 0.496. The molecule has 3 rings (SSSR count). The summed E-state index contributed by atoms with van der Waals surface area (Å²) in [6, 6.07) is 15.4. The molecule has 5 heteroatoms. The number of nitrogens with two attached hydrogens (primary N) is 1. The second kappa shape index (κ2) is 4.98. The quantitative estimate of drug-likeness (QED) is 0.784. The molecule has 0 amide bonds. The van der Waals surface area contributed by atoms with Gasteiger partial charge in [-0.05, 0) is 24.6 Å². The average molecular weight is 285 g/mol. The summed E-state index contributed by atoms with van der Waals surface area (Å²) < 4.78 is 1.59. The Labute approximate surface area is 121 Å². The van der Waals surface area contributed by atoms with Gasteiger partial charge < -0.3 is 5.73 Å². The van der Waals surface area contributed by atoms with Crippen LogP contribution in [0.4, 0.5) is 5.82 Å². The van der Waals surface area contributed by atoms with Gasteiger partial charge in [-0.25, -0.2) is 0 Å². The summed E-state index contributed by atoms with van der Waals surface area (Å²) in [4.78, 5) is 0. The molecule has 0 spiro atoms. The fourth-order valence-corrected chi connectivity index (χ4v) is 2.17. The number of anilines is 1. The van der Waals surface area contributed by atoms with Crippen molar-refractivity contribution in [1.29, 1.82) is 0 Å². The van der Waals surface area contributed by atoms with Crippen LogP contribution in [-0.2, 0) is 0 Å². The number of hydrogen-bond donors (Lipinski definition) is 1. The zero-order valence-electron chi connectivity index (χ0n) is 10.9. The van der Waals surface area contributed by atoms with Crippen LogP contribution in [0.15, 0.2) is 48.5 Å². The number of aryl methyl sites for hydroxylation is 1. The summed E-state index contributed by atoms with van der Waals surface area (Å²) in [6.07, 6.45) is 0. The van der Waals surface area contributed by atoms with Crippen molar-refractivity contribution in [3.05, 3.63) is 59.1 Å². The third-order valence-corrected chi connectivity index (χ3v) is 3.56. The fourth-order valence-electron chi connectivity index (χ4n) is 2.00. The van der Waals surface area contributed by atoms with Gasteiger partial charge in [0.15, 0.2) is 5.82 Å². The Bertz CT molecular complexity index is 750. The molecule has 0 atom stereocenters. The van der Waals surface area contributed by atoms with E-state index in [2.05, 4.69) is 10.3 Å². The Morgan fingerprint density at radius 1 is 1.10 bits per heavy atom. The van der Waals surface area contributed by atoms with Crippen LogP contribution in [0, 0.1) is 6.92 Å². The molecule has 0 saturated heterocycles. The number of aromatic nitrogens is 3. The Balaban J connectivity index is 2.08. The van der Waals surface area contributed by atoms with Gasteiger partial charge in [0, 0.05) is 10.6 Å². The number of nitrogens with zero attached hydrogens (tertiary/aromatic N) is 3. The lowest BCUT2D eigenvalue weighted by molar-refractivity contribution is 0.810. The highest BCUT2D eigenvalue weighted by Crippen LogP contribution is 2.26. The molecule has 0 bridgehead atoms. The topological polar surface area (TPSA) is 56.7 Å². The van der Waals surface area contributed by atoms with Gasteiger partial charge in [0.1, 0.15) is 5.69 Å². The summed E-state index contributed by atoms with van der Waals surface area (Å²) in [7, 11) is 0. The van der Waals surface area contributed by atoms with Gasteiger partial charge in [-0.15, -0.1) is 5.10 Å². The van der Waals surface area contributed by atoms with E-state index in [1.54, 1.807) is 4.68 Å². The minimum absolute atomic E-state index is 0.496. The maximum atomic E-state index is 6.15. The molecule has 0 radical (unpaired) electrons. The first-order valence-electron chi connectivity index (χ1n) is 6.20. The highest BCUT2D eigenvalue weighted by Gasteiger charge is 2.13. The molecule has 0 aliphatic rings. The summed E-state index contributed by atoms with van der Waals surface area (Å²) in [5, 5.41) is 8.95. The van der Waals surface area contributed by atoms with Crippen molar-refractivity contribution in [3.63, 3.8) is 0 Å². The molecule has 0 aliphatic heterocycles. The number of nitrogen functional groups attached to an aromatic ring is 1. The number of benzene rings is 2. The van der Waals surface area contributed by atoms with E-state index < -0.39 is 0 Å². The smallest absolute Gasteiger partial charge is 0.155 e. The van der Waals surface area contributed by atoms with Crippen molar-refractivity contribution < 1.29 is 0 Å². The Morgan fingerprint density at radius 3 is 2.55 bits per heavy atom. The average Bonchev–Trinajstić information content (AvgIpc) is 2.85. The fraction of sp³-hybridized carbons (Fsp3) is 0.0667. The second-order valence-electron chi connectivity index (χ2n) is 4.53. The van der Waals surface area contributed by atoms with Crippen LogP contribution in [0.1, 0.15) is 5.56 Å². The summed E-state index contributed by atoms with van der Waals surface area (Å²) in [5.41, 5.74) is 9.57. The van der Waals surface area contributed by atoms with E-state index in [4.69, 9.17) is 17.3 Å². The molecule has 1 heterocycles. The first kappa shape index (κ1) is 12.7. The monoisotopic (exact) mass is 284 g/mol. The molecule has 0 aliphatic carbocycles. The Morgan fingerprint density at radius 2 is 1.85 bits per heavy atom. The molecule has 100 valence electrons. The predicted octanol–water partition coefficient (Wildman–Crippen LogP) is 3.48. The number of rotatable bonds is 2. The normalized spacial score (nSPS) is 10.7. The van der Waals surface area contributed by atoms with Gasteiger partial charge in [0.25, 0.3) is 0 Å². The van der Waals surface area contributed by atoms with E-state index in [0.29, 0.717) is 16.5 Å². The molecule has 0 unspecified atom stereocenters. The maximum Gasteiger partial charge on any atom is 0.155 e. The van der Waals surface area contributed by atoms with Gasteiger partial charge >= 0.3 is 0 Å². The SMILES string of the molecule is Cc1ccc(-n2nnc(-c3ccccc3)c2N)cc1Cl. The van der Waals surface area contributed by atoms with Crippen LogP contribution in [0.3, 0.4) is 0 Å². The van der Waals surface area contributed by atoms with Crippen LogP contribution < -0.4 is 5.73 Å². The van der Waals surface area contributed by atoms with Gasteiger partial charge in [0.2, 0.25) is 0 Å². The van der Waals surface area contributed by atoms with Crippen LogP contribution in [0.2, 0.25) is 5.02 Å². The molecule has 1 aromatic heterocycles. The minimum atomic E-state index is 0.496. The summed E-state index contributed by atoms with van der Waals surface area (Å²) in [6.45, 7) is 1.95. The number of halogens is 1. The van der Waals surface area contributed by atoms with E-state index in [1.807, 2.05) is 55.5 Å². The third kappa shape index (κ3) is 2.14. The van der Waals surface area contributed by atoms with Gasteiger partial charge in [-0.3, -0.25) is 0 Å². The standard InChI is InChI=1S/C15H13ClN4/c1-10-7-8-12(9-13(10)16)20-15(17)14(18-19-20)11-5-3-2-4-6-11/h2-9H,17H2,1H3. The van der Waals surface area contributed by atoms with E-state index in [9.17, 15) is 0 Å². The molecule has 2 N–H and O–H groups in total. The van der Waals surface area contributed by atoms with E-state index >= 15 is 0 Å². The number of hydrogen-bond acceptors (Lipinski definition) is 3. The minimum Gasteiger partial charge on any atom is -0.382 e. The summed E-state index contributed by atoms with van der Waals surface area (Å²) >= 11 is 6.14. The van der Waals surface area contributed by atoms with E-state index in [0.717, 1.165) is 16.8 Å². The molecule has 4 nitrogen and oxygen atoms in total. The van der Waals surface area contributed by atoms with Crippen molar-refractivity contribution in [3.8, 4) is 16.9 Å². The van der Waals surface area contributed by atoms with Crippen LogP contribution in [0.5, 0.6) is 0 Å². The predicted molar refractivity (Wildman–Crippen MR) is 81.0 cm³/mol. The third-order valence-electron chi connectivity index (χ3n) is 3.15. The Kier molecular flexibility index (Phi) is 3.16. The lowest BCUT2D eigenvalue weighted by Gasteiger charge is -2.05. The Hall–Kier alpha value is -2.33. The van der Waals surface area contributed by atoms with Crippen LogP contribution in [0.25, 0.3) is 16.9 Å². The molecular weight excluding hydrogens is 272 g/mol. The van der Waals surface area contributed by atoms with Crippen molar-refractivity contribution in [2.24, 2.45) is 0 Å². The molecule has 0 saturated carbocycles. The van der Waals surface area contributed by atoms with Crippen molar-refractivity contribution in [2.45, 2.75) is 6.92 Å².